The zero-order chi connectivity index (χ0) is 24.5. The van der Waals surface area contributed by atoms with E-state index in [9.17, 15) is 4.79 Å². The first kappa shape index (κ1) is 23.2. The topological polar surface area (TPSA) is 78.6 Å². The van der Waals surface area contributed by atoms with Crippen LogP contribution in [-0.2, 0) is 14.3 Å². The normalized spacial score (nSPS) is 11.7. The number of halogens is 1. The van der Waals surface area contributed by atoms with Gasteiger partial charge in [0.05, 0.1) is 36.7 Å². The van der Waals surface area contributed by atoms with E-state index in [0.717, 1.165) is 33.1 Å². The molecule has 0 aliphatic carbocycles. The highest BCUT2D eigenvalue weighted by molar-refractivity contribution is 7.18. The van der Waals surface area contributed by atoms with Crippen LogP contribution in [0.1, 0.15) is 10.6 Å². The Hall–Kier alpha value is -3.53. The van der Waals surface area contributed by atoms with Gasteiger partial charge in [-0.25, -0.2) is 14.3 Å². The van der Waals surface area contributed by atoms with Crippen molar-refractivity contribution in [1.82, 2.24) is 19.6 Å². The lowest BCUT2D eigenvalue weighted by Crippen LogP contribution is -2.05. The molecule has 0 saturated carbocycles. The van der Waals surface area contributed by atoms with Crippen molar-refractivity contribution in [2.75, 3.05) is 14.2 Å². The van der Waals surface area contributed by atoms with Crippen LogP contribution in [0.15, 0.2) is 60.2 Å². The lowest BCUT2D eigenvalue weighted by atomic mass is 10.1. The summed E-state index contributed by atoms with van der Waals surface area (Å²) >= 11 is 8.94. The SMILES string of the molecule is COC=C(C(=O)OC)c1sc2nc(-c3ccccc3-c3nc(-c4ccc(Cl)cc4)cs3)nn2c1C. The summed E-state index contributed by atoms with van der Waals surface area (Å²) in [4.78, 5) is 23.2. The number of methoxy groups -OCH3 is 2. The van der Waals surface area contributed by atoms with Crippen molar-refractivity contribution in [3.63, 3.8) is 0 Å². The van der Waals surface area contributed by atoms with Gasteiger partial charge in [-0.15, -0.1) is 16.4 Å². The van der Waals surface area contributed by atoms with Crippen LogP contribution < -0.4 is 0 Å². The van der Waals surface area contributed by atoms with E-state index >= 15 is 0 Å². The van der Waals surface area contributed by atoms with Crippen molar-refractivity contribution in [3.8, 4) is 33.2 Å². The summed E-state index contributed by atoms with van der Waals surface area (Å²) in [6.07, 6.45) is 1.38. The Bertz CT molecular complexity index is 1570. The van der Waals surface area contributed by atoms with Gasteiger partial charge < -0.3 is 9.47 Å². The summed E-state index contributed by atoms with van der Waals surface area (Å²) in [6.45, 7) is 1.88. The Morgan fingerprint density at radius 1 is 1.06 bits per heavy atom. The highest BCUT2D eigenvalue weighted by atomic mass is 35.5. The standard InChI is InChI=1S/C25H19ClN4O3S2/c1-14-21(19(12-32-2)24(31)33-3)35-25-28-22(29-30(14)25)17-6-4-5-7-18(17)23-27-20(13-34-23)15-8-10-16(26)11-9-15/h4-13H,1-3H3. The van der Waals surface area contributed by atoms with Crippen LogP contribution in [0.4, 0.5) is 0 Å². The molecule has 35 heavy (non-hydrogen) atoms. The molecule has 2 aromatic carbocycles. The van der Waals surface area contributed by atoms with Crippen LogP contribution in [0.2, 0.25) is 5.02 Å². The summed E-state index contributed by atoms with van der Waals surface area (Å²) in [7, 11) is 2.82. The minimum absolute atomic E-state index is 0.323. The van der Waals surface area contributed by atoms with Crippen LogP contribution in [0, 0.1) is 6.92 Å². The molecule has 0 spiro atoms. The lowest BCUT2D eigenvalue weighted by molar-refractivity contribution is -0.133. The quantitative estimate of drug-likeness (QED) is 0.146. The molecular weight excluding hydrogens is 504 g/mol. The molecule has 10 heteroatoms. The predicted molar refractivity (Wildman–Crippen MR) is 140 cm³/mol. The Morgan fingerprint density at radius 2 is 1.80 bits per heavy atom. The van der Waals surface area contributed by atoms with Gasteiger partial charge in [0.2, 0.25) is 4.96 Å². The summed E-state index contributed by atoms with van der Waals surface area (Å²) in [6, 6.07) is 15.6. The third-order valence-electron chi connectivity index (χ3n) is 5.35. The van der Waals surface area contributed by atoms with Crippen molar-refractivity contribution in [3.05, 3.63) is 75.8 Å². The number of thiazole rings is 2. The second kappa shape index (κ2) is 9.61. The molecule has 0 N–H and O–H groups in total. The van der Waals surface area contributed by atoms with Crippen molar-refractivity contribution < 1.29 is 14.3 Å². The number of fused-ring (bicyclic) bond motifs is 1. The molecule has 0 fully saturated rings. The molecular formula is C25H19ClN4O3S2. The number of benzene rings is 2. The second-order valence-electron chi connectivity index (χ2n) is 7.50. The molecule has 0 aliphatic rings. The number of aromatic nitrogens is 4. The molecule has 5 rings (SSSR count). The average molecular weight is 523 g/mol. The van der Waals surface area contributed by atoms with E-state index in [1.54, 1.807) is 15.9 Å². The minimum Gasteiger partial charge on any atom is -0.503 e. The van der Waals surface area contributed by atoms with Crippen molar-refractivity contribution in [2.45, 2.75) is 6.92 Å². The molecule has 0 aliphatic heterocycles. The average Bonchev–Trinajstić information content (AvgIpc) is 3.59. The van der Waals surface area contributed by atoms with Gasteiger partial charge >= 0.3 is 5.97 Å². The monoisotopic (exact) mass is 522 g/mol. The molecule has 0 bridgehead atoms. The van der Waals surface area contributed by atoms with Crippen LogP contribution >= 0.6 is 34.3 Å². The van der Waals surface area contributed by atoms with E-state index < -0.39 is 5.97 Å². The van der Waals surface area contributed by atoms with Gasteiger partial charge in [0.1, 0.15) is 10.6 Å². The molecule has 176 valence electrons. The maximum Gasteiger partial charge on any atom is 0.342 e. The first-order chi connectivity index (χ1) is 17.0. The fourth-order valence-electron chi connectivity index (χ4n) is 3.65. The number of hydrogen-bond donors (Lipinski definition) is 0. The van der Waals surface area contributed by atoms with E-state index in [2.05, 4.69) is 0 Å². The van der Waals surface area contributed by atoms with Gasteiger partial charge in [-0.1, -0.05) is 59.3 Å². The third-order valence-corrected chi connectivity index (χ3v) is 7.64. The Labute approximate surface area is 214 Å². The van der Waals surface area contributed by atoms with Gasteiger partial charge in [0, 0.05) is 27.1 Å². The van der Waals surface area contributed by atoms with Crippen LogP contribution in [0.25, 0.3) is 43.8 Å². The van der Waals surface area contributed by atoms with Crippen LogP contribution in [0.3, 0.4) is 0 Å². The highest BCUT2D eigenvalue weighted by Crippen LogP contribution is 2.36. The summed E-state index contributed by atoms with van der Waals surface area (Å²) in [5, 5.41) is 8.34. The number of hydrogen-bond acceptors (Lipinski definition) is 8. The molecule has 3 aromatic heterocycles. The Morgan fingerprint density at radius 3 is 2.49 bits per heavy atom. The van der Waals surface area contributed by atoms with Gasteiger partial charge in [-0.2, -0.15) is 4.98 Å². The Balaban J connectivity index is 1.54. The van der Waals surface area contributed by atoms with E-state index in [-0.39, 0.29) is 0 Å². The van der Waals surface area contributed by atoms with Gasteiger partial charge in [-0.3, -0.25) is 0 Å². The van der Waals surface area contributed by atoms with Gasteiger partial charge in [-0.05, 0) is 19.1 Å². The summed E-state index contributed by atoms with van der Waals surface area (Å²) < 4.78 is 11.7. The lowest BCUT2D eigenvalue weighted by Gasteiger charge is -2.05. The van der Waals surface area contributed by atoms with Crippen molar-refractivity contribution in [2.24, 2.45) is 0 Å². The largest absolute Gasteiger partial charge is 0.503 e. The molecule has 0 unspecified atom stereocenters. The van der Waals surface area contributed by atoms with E-state index in [1.165, 1.54) is 31.8 Å². The molecule has 0 amide bonds. The summed E-state index contributed by atoms with van der Waals surface area (Å²) in [5.74, 6) is 0.102. The molecule has 0 saturated heterocycles. The zero-order valence-corrected chi connectivity index (χ0v) is 21.4. The number of ether oxygens (including phenoxy) is 2. The smallest absolute Gasteiger partial charge is 0.342 e. The second-order valence-corrected chi connectivity index (χ2v) is 9.77. The first-order valence-electron chi connectivity index (χ1n) is 10.5. The summed E-state index contributed by atoms with van der Waals surface area (Å²) in [5.41, 5.74) is 4.81. The molecule has 3 heterocycles. The number of carbonyl (C=O) groups is 1. The van der Waals surface area contributed by atoms with Crippen LogP contribution in [-0.4, -0.2) is 39.8 Å². The van der Waals surface area contributed by atoms with Gasteiger partial charge in [0.25, 0.3) is 0 Å². The molecule has 0 atom stereocenters. The Kier molecular flexibility index (Phi) is 6.38. The fourth-order valence-corrected chi connectivity index (χ4v) is 5.69. The van der Waals surface area contributed by atoms with Crippen LogP contribution in [0.5, 0.6) is 0 Å². The molecule has 0 radical (unpaired) electrons. The maximum absolute atomic E-state index is 12.2. The van der Waals surface area contributed by atoms with Gasteiger partial charge in [0.15, 0.2) is 5.82 Å². The number of nitrogens with zero attached hydrogens (tertiary/aromatic N) is 4. The van der Waals surface area contributed by atoms with E-state index in [4.69, 9.17) is 36.1 Å². The fraction of sp³-hybridized carbons (Fsp3) is 0.120. The predicted octanol–water partition coefficient (Wildman–Crippen LogP) is 6.37. The number of carbonyl (C=O) groups excluding carboxylic acids is 1. The van der Waals surface area contributed by atoms with E-state index in [0.29, 0.717) is 26.3 Å². The maximum atomic E-state index is 12.2. The minimum atomic E-state index is -0.481. The highest BCUT2D eigenvalue weighted by Gasteiger charge is 2.23. The number of aryl methyl sites for hydroxylation is 1. The number of rotatable bonds is 6. The number of esters is 1. The van der Waals surface area contributed by atoms with Crippen molar-refractivity contribution >= 4 is 50.8 Å². The van der Waals surface area contributed by atoms with E-state index in [1.807, 2.05) is 60.8 Å². The zero-order valence-electron chi connectivity index (χ0n) is 19.0. The molecule has 5 aromatic rings. The first-order valence-corrected chi connectivity index (χ1v) is 12.6. The third kappa shape index (κ3) is 4.34. The molecule has 7 nitrogen and oxygen atoms in total. The van der Waals surface area contributed by atoms with Crippen molar-refractivity contribution in [1.29, 1.82) is 0 Å².